The van der Waals surface area contributed by atoms with Gasteiger partial charge in [0.05, 0.1) is 0 Å². The van der Waals surface area contributed by atoms with Gasteiger partial charge < -0.3 is 15.7 Å². The molecule has 0 saturated heterocycles. The van der Waals surface area contributed by atoms with Crippen molar-refractivity contribution in [2.24, 2.45) is 0 Å². The number of urea groups is 1. The number of nitrogens with one attached hydrogen (secondary N) is 2. The summed E-state index contributed by atoms with van der Waals surface area (Å²) in [6.45, 7) is 0.501. The van der Waals surface area contributed by atoms with Crippen molar-refractivity contribution in [1.29, 1.82) is 0 Å². The summed E-state index contributed by atoms with van der Waals surface area (Å²) in [4.78, 5) is 24.3. The Morgan fingerprint density at radius 2 is 1.86 bits per heavy atom. The third-order valence-corrected chi connectivity index (χ3v) is 4.63. The summed E-state index contributed by atoms with van der Waals surface area (Å²) in [6, 6.07) is 9.54. The number of hydrogen-bond donors (Lipinski definition) is 3. The zero-order chi connectivity index (χ0) is 15.1. The lowest BCUT2D eigenvalue weighted by atomic mass is 9.98. The van der Waals surface area contributed by atoms with Gasteiger partial charge in [-0.25, -0.2) is 9.59 Å². The lowest BCUT2D eigenvalue weighted by Crippen LogP contribution is -2.55. The molecule has 1 saturated carbocycles. The van der Waals surface area contributed by atoms with Crippen LogP contribution in [0.3, 0.4) is 0 Å². The highest BCUT2D eigenvalue weighted by Gasteiger charge is 2.42. The van der Waals surface area contributed by atoms with E-state index in [9.17, 15) is 14.7 Å². The molecule has 0 radical (unpaired) electrons. The number of carboxylic acids is 1. The quantitative estimate of drug-likeness (QED) is 0.557. The van der Waals surface area contributed by atoms with Crippen LogP contribution in [0.1, 0.15) is 25.7 Å². The minimum absolute atomic E-state index is 0.395. The average molecular weight is 308 g/mol. The SMILES string of the molecule is O=C(NCCSc1ccccc1)NC1(C(=O)O)CCCC1. The van der Waals surface area contributed by atoms with Crippen molar-refractivity contribution in [3.63, 3.8) is 0 Å². The number of amides is 2. The van der Waals surface area contributed by atoms with Crippen LogP contribution in [0.2, 0.25) is 0 Å². The Bertz CT molecular complexity index is 487. The Balaban J connectivity index is 1.71. The number of carbonyl (C=O) groups excluding carboxylic acids is 1. The Morgan fingerprint density at radius 1 is 1.19 bits per heavy atom. The second kappa shape index (κ2) is 7.36. The number of carboxylic acid groups (broad SMARTS) is 1. The Morgan fingerprint density at radius 3 is 2.48 bits per heavy atom. The zero-order valence-corrected chi connectivity index (χ0v) is 12.6. The number of thioether (sulfide) groups is 1. The monoisotopic (exact) mass is 308 g/mol. The Labute approximate surface area is 128 Å². The van der Waals surface area contributed by atoms with Gasteiger partial charge in [0.15, 0.2) is 0 Å². The van der Waals surface area contributed by atoms with Crippen LogP contribution >= 0.6 is 11.8 Å². The summed E-state index contributed by atoms with van der Waals surface area (Å²) in [5.74, 6) is -0.189. The van der Waals surface area contributed by atoms with Crippen LogP contribution in [0.15, 0.2) is 35.2 Å². The standard InChI is InChI=1S/C15H20N2O3S/c18-13(19)15(8-4-5-9-15)17-14(20)16-10-11-21-12-6-2-1-3-7-12/h1-3,6-7H,4-5,8-11H2,(H,18,19)(H2,16,17,20). The molecular formula is C15H20N2O3S. The predicted octanol–water partition coefficient (Wildman–Crippen LogP) is 2.48. The van der Waals surface area contributed by atoms with Gasteiger partial charge in [0, 0.05) is 17.2 Å². The number of rotatable bonds is 6. The van der Waals surface area contributed by atoms with E-state index in [2.05, 4.69) is 10.6 Å². The van der Waals surface area contributed by atoms with E-state index >= 15 is 0 Å². The third-order valence-electron chi connectivity index (χ3n) is 3.62. The van der Waals surface area contributed by atoms with Gasteiger partial charge in [-0.15, -0.1) is 11.8 Å². The first kappa shape index (κ1) is 15.7. The van der Waals surface area contributed by atoms with Crippen LogP contribution in [-0.2, 0) is 4.79 Å². The lowest BCUT2D eigenvalue weighted by Gasteiger charge is -2.25. The molecule has 6 heteroatoms. The molecule has 0 aromatic heterocycles. The van der Waals surface area contributed by atoms with E-state index in [0.29, 0.717) is 19.4 Å². The van der Waals surface area contributed by atoms with Crippen LogP contribution in [0.4, 0.5) is 4.79 Å². The average Bonchev–Trinajstić information content (AvgIpc) is 2.94. The van der Waals surface area contributed by atoms with E-state index in [1.165, 1.54) is 0 Å². The molecule has 0 spiro atoms. The van der Waals surface area contributed by atoms with Crippen molar-refractivity contribution >= 4 is 23.8 Å². The van der Waals surface area contributed by atoms with Gasteiger partial charge in [-0.05, 0) is 25.0 Å². The van der Waals surface area contributed by atoms with Crippen LogP contribution in [0.5, 0.6) is 0 Å². The number of hydrogen-bond acceptors (Lipinski definition) is 3. The van der Waals surface area contributed by atoms with Crippen molar-refractivity contribution in [3.8, 4) is 0 Å². The van der Waals surface area contributed by atoms with E-state index < -0.39 is 17.5 Å². The van der Waals surface area contributed by atoms with Crippen molar-refractivity contribution in [2.45, 2.75) is 36.1 Å². The summed E-state index contributed by atoms with van der Waals surface area (Å²) < 4.78 is 0. The molecule has 0 unspecified atom stereocenters. The van der Waals surface area contributed by atoms with Gasteiger partial charge in [0.25, 0.3) is 0 Å². The van der Waals surface area contributed by atoms with E-state index in [1.807, 2.05) is 30.3 Å². The van der Waals surface area contributed by atoms with Gasteiger partial charge in [-0.1, -0.05) is 31.0 Å². The molecule has 1 aliphatic rings. The number of benzene rings is 1. The first-order valence-corrected chi connectivity index (χ1v) is 8.08. The summed E-state index contributed by atoms with van der Waals surface area (Å²) in [7, 11) is 0. The highest BCUT2D eigenvalue weighted by molar-refractivity contribution is 7.99. The summed E-state index contributed by atoms with van der Waals surface area (Å²) >= 11 is 1.65. The molecule has 0 aliphatic heterocycles. The lowest BCUT2D eigenvalue weighted by molar-refractivity contribution is -0.144. The minimum atomic E-state index is -1.07. The van der Waals surface area contributed by atoms with Crippen LogP contribution in [0, 0.1) is 0 Å². The topological polar surface area (TPSA) is 78.4 Å². The fourth-order valence-corrected chi connectivity index (χ4v) is 3.27. The maximum Gasteiger partial charge on any atom is 0.329 e. The van der Waals surface area contributed by atoms with E-state index in [1.54, 1.807) is 11.8 Å². The van der Waals surface area contributed by atoms with Crippen molar-refractivity contribution < 1.29 is 14.7 Å². The molecule has 0 atom stereocenters. The molecule has 3 N–H and O–H groups in total. The smallest absolute Gasteiger partial charge is 0.329 e. The van der Waals surface area contributed by atoms with Crippen LogP contribution in [-0.4, -0.2) is 34.9 Å². The molecule has 0 heterocycles. The van der Waals surface area contributed by atoms with Gasteiger partial charge in [0.2, 0.25) is 0 Å². The number of carbonyl (C=O) groups is 2. The van der Waals surface area contributed by atoms with Gasteiger partial charge >= 0.3 is 12.0 Å². The normalized spacial score (nSPS) is 16.4. The van der Waals surface area contributed by atoms with Crippen LogP contribution < -0.4 is 10.6 Å². The molecule has 2 amide bonds. The maximum absolute atomic E-state index is 11.8. The Hall–Kier alpha value is -1.69. The van der Waals surface area contributed by atoms with Gasteiger partial charge in [-0.2, -0.15) is 0 Å². The second-order valence-electron chi connectivity index (χ2n) is 5.14. The molecular weight excluding hydrogens is 288 g/mol. The molecule has 5 nitrogen and oxygen atoms in total. The van der Waals surface area contributed by atoms with Gasteiger partial charge in [0.1, 0.15) is 5.54 Å². The molecule has 114 valence electrons. The highest BCUT2D eigenvalue weighted by atomic mass is 32.2. The molecule has 1 aliphatic carbocycles. The first-order valence-electron chi connectivity index (χ1n) is 7.10. The van der Waals surface area contributed by atoms with E-state index in [-0.39, 0.29) is 0 Å². The minimum Gasteiger partial charge on any atom is -0.480 e. The van der Waals surface area contributed by atoms with E-state index in [4.69, 9.17) is 0 Å². The van der Waals surface area contributed by atoms with Crippen molar-refractivity contribution in [1.82, 2.24) is 10.6 Å². The number of aliphatic carboxylic acids is 1. The molecule has 1 fully saturated rings. The molecule has 0 bridgehead atoms. The highest BCUT2D eigenvalue weighted by Crippen LogP contribution is 2.29. The first-order chi connectivity index (χ1) is 10.1. The van der Waals surface area contributed by atoms with Crippen molar-refractivity contribution in [2.75, 3.05) is 12.3 Å². The predicted molar refractivity (Wildman–Crippen MR) is 82.5 cm³/mol. The fourth-order valence-electron chi connectivity index (χ4n) is 2.48. The van der Waals surface area contributed by atoms with Crippen molar-refractivity contribution in [3.05, 3.63) is 30.3 Å². The van der Waals surface area contributed by atoms with Gasteiger partial charge in [-0.3, -0.25) is 0 Å². The molecule has 21 heavy (non-hydrogen) atoms. The molecule has 1 aromatic carbocycles. The molecule has 2 rings (SSSR count). The third kappa shape index (κ3) is 4.39. The largest absolute Gasteiger partial charge is 0.480 e. The molecule has 1 aromatic rings. The summed E-state index contributed by atoms with van der Waals surface area (Å²) in [6.07, 6.45) is 2.70. The fraction of sp³-hybridized carbons (Fsp3) is 0.467. The zero-order valence-electron chi connectivity index (χ0n) is 11.8. The summed E-state index contributed by atoms with van der Waals surface area (Å²) in [5.41, 5.74) is -1.07. The Kier molecular flexibility index (Phi) is 5.50. The van der Waals surface area contributed by atoms with E-state index in [0.717, 1.165) is 23.5 Å². The second-order valence-corrected chi connectivity index (χ2v) is 6.31. The van der Waals surface area contributed by atoms with Crippen LogP contribution in [0.25, 0.3) is 0 Å². The summed E-state index contributed by atoms with van der Waals surface area (Å²) in [5, 5.41) is 14.6. The maximum atomic E-state index is 11.8.